The molecule has 0 bridgehead atoms. The number of hydrogen-bond donors (Lipinski definition) is 1. The van der Waals surface area contributed by atoms with Crippen LogP contribution in [0.4, 0.5) is 11.4 Å². The smallest absolute Gasteiger partial charge is 0.0390 e. The van der Waals surface area contributed by atoms with Crippen LogP contribution in [0.25, 0.3) is 22.3 Å². The van der Waals surface area contributed by atoms with Gasteiger partial charge in [-0.2, -0.15) is 0 Å². The Kier molecular flexibility index (Phi) is 5.84. The summed E-state index contributed by atoms with van der Waals surface area (Å²) in [7, 11) is 0. The summed E-state index contributed by atoms with van der Waals surface area (Å²) in [4.78, 5) is 0. The Morgan fingerprint density at radius 3 is 1.84 bits per heavy atom. The SMILES string of the molecule is c1ccc(Nc2cccc(-c3cccc(-c4ccc(C5CCCCC5)cc4)c3)c2)cc1. The second kappa shape index (κ2) is 9.22. The van der Waals surface area contributed by atoms with Crippen LogP contribution >= 0.6 is 0 Å². The van der Waals surface area contributed by atoms with E-state index >= 15 is 0 Å². The van der Waals surface area contributed by atoms with Gasteiger partial charge in [-0.05, 0) is 76.9 Å². The molecule has 0 radical (unpaired) electrons. The summed E-state index contributed by atoms with van der Waals surface area (Å²) in [6, 6.07) is 37.1. The van der Waals surface area contributed by atoms with Crippen molar-refractivity contribution in [2.24, 2.45) is 0 Å². The van der Waals surface area contributed by atoms with Gasteiger partial charge in [-0.25, -0.2) is 0 Å². The first-order valence-corrected chi connectivity index (χ1v) is 11.5. The molecule has 1 saturated carbocycles. The van der Waals surface area contributed by atoms with Crippen molar-refractivity contribution >= 4 is 11.4 Å². The zero-order valence-electron chi connectivity index (χ0n) is 17.9. The molecular weight excluding hydrogens is 374 g/mol. The molecule has 0 spiro atoms. The van der Waals surface area contributed by atoms with Crippen LogP contribution in [0.3, 0.4) is 0 Å². The van der Waals surface area contributed by atoms with Gasteiger partial charge in [-0.3, -0.25) is 0 Å². The molecule has 0 atom stereocenters. The van der Waals surface area contributed by atoms with E-state index in [1.54, 1.807) is 0 Å². The van der Waals surface area contributed by atoms with Crippen LogP contribution in [-0.4, -0.2) is 0 Å². The molecule has 1 heteroatoms. The monoisotopic (exact) mass is 403 g/mol. The second-order valence-corrected chi connectivity index (χ2v) is 8.61. The molecule has 5 rings (SSSR count). The van der Waals surface area contributed by atoms with Gasteiger partial charge in [0.1, 0.15) is 0 Å². The van der Waals surface area contributed by atoms with Crippen LogP contribution in [-0.2, 0) is 0 Å². The number of rotatable bonds is 5. The Bertz CT molecular complexity index is 1120. The summed E-state index contributed by atoms with van der Waals surface area (Å²) >= 11 is 0. The Labute approximate surface area is 185 Å². The summed E-state index contributed by atoms with van der Waals surface area (Å²) in [5.41, 5.74) is 8.75. The molecule has 0 heterocycles. The summed E-state index contributed by atoms with van der Waals surface area (Å²) in [6.45, 7) is 0. The van der Waals surface area contributed by atoms with Crippen molar-refractivity contribution in [2.45, 2.75) is 38.0 Å². The van der Waals surface area contributed by atoms with E-state index in [2.05, 4.69) is 102 Å². The fourth-order valence-electron chi connectivity index (χ4n) is 4.73. The van der Waals surface area contributed by atoms with Gasteiger partial charge in [0, 0.05) is 11.4 Å². The van der Waals surface area contributed by atoms with E-state index in [1.165, 1.54) is 59.9 Å². The van der Waals surface area contributed by atoms with E-state index in [4.69, 9.17) is 0 Å². The predicted molar refractivity (Wildman–Crippen MR) is 133 cm³/mol. The molecule has 0 unspecified atom stereocenters. The quantitative estimate of drug-likeness (QED) is 0.351. The van der Waals surface area contributed by atoms with E-state index in [9.17, 15) is 0 Å². The third-order valence-electron chi connectivity index (χ3n) is 6.44. The van der Waals surface area contributed by atoms with Crippen LogP contribution in [0.2, 0.25) is 0 Å². The maximum Gasteiger partial charge on any atom is 0.0390 e. The minimum atomic E-state index is 0.758. The zero-order chi connectivity index (χ0) is 20.9. The molecule has 0 aromatic heterocycles. The van der Waals surface area contributed by atoms with Crippen LogP contribution in [0.1, 0.15) is 43.6 Å². The van der Waals surface area contributed by atoms with Gasteiger partial charge in [-0.15, -0.1) is 0 Å². The normalized spacial score (nSPS) is 14.3. The molecule has 1 N–H and O–H groups in total. The van der Waals surface area contributed by atoms with E-state index in [1.807, 2.05) is 6.07 Å². The zero-order valence-corrected chi connectivity index (χ0v) is 17.9. The van der Waals surface area contributed by atoms with Crippen molar-refractivity contribution in [1.29, 1.82) is 0 Å². The van der Waals surface area contributed by atoms with Crippen molar-refractivity contribution in [3.63, 3.8) is 0 Å². The molecule has 1 fully saturated rings. The lowest BCUT2D eigenvalue weighted by Crippen LogP contribution is -2.04. The number of hydrogen-bond acceptors (Lipinski definition) is 1. The van der Waals surface area contributed by atoms with Crippen molar-refractivity contribution in [3.05, 3.63) is 109 Å². The first kappa shape index (κ1) is 19.6. The predicted octanol–water partition coefficient (Wildman–Crippen LogP) is 8.81. The molecular formula is C30H29N. The van der Waals surface area contributed by atoms with E-state index in [0.717, 1.165) is 17.3 Å². The highest BCUT2D eigenvalue weighted by Gasteiger charge is 2.15. The van der Waals surface area contributed by atoms with Gasteiger partial charge in [0.25, 0.3) is 0 Å². The minimum Gasteiger partial charge on any atom is -0.356 e. The highest BCUT2D eigenvalue weighted by Crippen LogP contribution is 2.34. The van der Waals surface area contributed by atoms with Crippen molar-refractivity contribution < 1.29 is 0 Å². The molecule has 31 heavy (non-hydrogen) atoms. The van der Waals surface area contributed by atoms with Crippen molar-refractivity contribution in [2.75, 3.05) is 5.32 Å². The van der Waals surface area contributed by atoms with Gasteiger partial charge in [-0.1, -0.05) is 92.1 Å². The fraction of sp³-hybridized carbons (Fsp3) is 0.200. The summed E-state index contributed by atoms with van der Waals surface area (Å²) in [5, 5.41) is 3.50. The maximum atomic E-state index is 3.50. The minimum absolute atomic E-state index is 0.758. The molecule has 154 valence electrons. The van der Waals surface area contributed by atoms with Crippen molar-refractivity contribution in [3.8, 4) is 22.3 Å². The molecule has 1 aliphatic rings. The van der Waals surface area contributed by atoms with Crippen LogP contribution in [0, 0.1) is 0 Å². The highest BCUT2D eigenvalue weighted by atomic mass is 14.9. The first-order chi connectivity index (χ1) is 15.3. The third-order valence-corrected chi connectivity index (χ3v) is 6.44. The van der Waals surface area contributed by atoms with Gasteiger partial charge in [0.2, 0.25) is 0 Å². The summed E-state index contributed by atoms with van der Waals surface area (Å²) < 4.78 is 0. The Morgan fingerprint density at radius 1 is 0.484 bits per heavy atom. The summed E-state index contributed by atoms with van der Waals surface area (Å²) in [5.74, 6) is 0.758. The molecule has 4 aromatic carbocycles. The topological polar surface area (TPSA) is 12.0 Å². The fourth-order valence-corrected chi connectivity index (χ4v) is 4.73. The van der Waals surface area contributed by atoms with Gasteiger partial charge in [0.05, 0.1) is 0 Å². The average Bonchev–Trinajstić information content (AvgIpc) is 2.86. The largest absolute Gasteiger partial charge is 0.356 e. The first-order valence-electron chi connectivity index (χ1n) is 11.5. The van der Waals surface area contributed by atoms with E-state index < -0.39 is 0 Å². The second-order valence-electron chi connectivity index (χ2n) is 8.61. The number of anilines is 2. The number of nitrogens with one attached hydrogen (secondary N) is 1. The number of para-hydroxylation sites is 1. The Morgan fingerprint density at radius 2 is 1.10 bits per heavy atom. The van der Waals surface area contributed by atoms with Crippen LogP contribution in [0.5, 0.6) is 0 Å². The van der Waals surface area contributed by atoms with Crippen molar-refractivity contribution in [1.82, 2.24) is 0 Å². The molecule has 1 nitrogen and oxygen atoms in total. The van der Waals surface area contributed by atoms with Gasteiger partial charge < -0.3 is 5.32 Å². The highest BCUT2D eigenvalue weighted by molar-refractivity contribution is 5.76. The molecule has 0 saturated heterocycles. The van der Waals surface area contributed by atoms with Crippen LogP contribution < -0.4 is 5.32 Å². The van der Waals surface area contributed by atoms with Gasteiger partial charge >= 0.3 is 0 Å². The molecule has 0 amide bonds. The Balaban J connectivity index is 1.37. The number of benzene rings is 4. The lowest BCUT2D eigenvalue weighted by molar-refractivity contribution is 0.443. The molecule has 4 aromatic rings. The Hall–Kier alpha value is -3.32. The van der Waals surface area contributed by atoms with Gasteiger partial charge in [0.15, 0.2) is 0 Å². The lowest BCUT2D eigenvalue weighted by atomic mass is 9.83. The average molecular weight is 404 g/mol. The lowest BCUT2D eigenvalue weighted by Gasteiger charge is -2.22. The van der Waals surface area contributed by atoms with Crippen LogP contribution in [0.15, 0.2) is 103 Å². The van der Waals surface area contributed by atoms with E-state index in [0.29, 0.717) is 0 Å². The van der Waals surface area contributed by atoms with E-state index in [-0.39, 0.29) is 0 Å². The molecule has 1 aliphatic carbocycles. The standard InChI is InChI=1S/C30H29N/c1-3-9-23(10-4-1)24-17-19-25(20-18-24)26-11-7-12-27(21-26)28-13-8-16-30(22-28)31-29-14-5-2-6-15-29/h2,5-8,11-23,31H,1,3-4,9-10H2. The third kappa shape index (κ3) is 4.72. The summed E-state index contributed by atoms with van der Waals surface area (Å²) in [6.07, 6.45) is 6.87. The molecule has 0 aliphatic heterocycles. The maximum absolute atomic E-state index is 3.50.